The van der Waals surface area contributed by atoms with Crippen LogP contribution in [0, 0.1) is 0 Å². The number of benzene rings is 2. The third-order valence-electron chi connectivity index (χ3n) is 2.96. The van der Waals surface area contributed by atoms with Crippen molar-refractivity contribution >= 4 is 22.1 Å². The van der Waals surface area contributed by atoms with Gasteiger partial charge in [0, 0.05) is 0 Å². The highest BCUT2D eigenvalue weighted by Crippen LogP contribution is 2.08. The van der Waals surface area contributed by atoms with Crippen molar-refractivity contribution < 1.29 is 0 Å². The largest absolute Gasteiger partial charge is 0.338 e. The molecule has 0 aliphatic heterocycles. The number of hydrogen-bond donors (Lipinski definition) is 2. The van der Waals surface area contributed by atoms with Crippen molar-refractivity contribution in [3.8, 4) is 0 Å². The van der Waals surface area contributed by atoms with Gasteiger partial charge in [0.05, 0.1) is 22.1 Å². The SMILES string of the molecule is Nn1cnc2ccccc21.Nn1cnc2ccccc21. The van der Waals surface area contributed by atoms with Crippen LogP contribution in [0.1, 0.15) is 0 Å². The van der Waals surface area contributed by atoms with E-state index in [4.69, 9.17) is 11.7 Å². The van der Waals surface area contributed by atoms with Gasteiger partial charge in [-0.15, -0.1) is 0 Å². The highest BCUT2D eigenvalue weighted by atomic mass is 15.3. The van der Waals surface area contributed by atoms with Crippen LogP contribution in [0.25, 0.3) is 22.1 Å². The van der Waals surface area contributed by atoms with E-state index in [0.29, 0.717) is 0 Å². The van der Waals surface area contributed by atoms with Crippen molar-refractivity contribution in [2.75, 3.05) is 11.7 Å². The molecule has 4 rings (SSSR count). The highest BCUT2D eigenvalue weighted by Gasteiger charge is 1.95. The molecule has 0 spiro atoms. The number of aromatic nitrogens is 4. The summed E-state index contributed by atoms with van der Waals surface area (Å²) in [7, 11) is 0. The molecule has 4 N–H and O–H groups in total. The fraction of sp³-hybridized carbons (Fsp3) is 0. The van der Waals surface area contributed by atoms with Gasteiger partial charge in [0.25, 0.3) is 0 Å². The van der Waals surface area contributed by atoms with E-state index in [1.165, 1.54) is 9.35 Å². The molecule has 2 aromatic heterocycles. The highest BCUT2D eigenvalue weighted by molar-refractivity contribution is 5.75. The zero-order valence-electron chi connectivity index (χ0n) is 10.7. The number of rotatable bonds is 0. The second-order valence-corrected chi connectivity index (χ2v) is 4.28. The van der Waals surface area contributed by atoms with Crippen LogP contribution >= 0.6 is 0 Å². The Hall–Kier alpha value is -3.02. The minimum absolute atomic E-state index is 0.935. The molecule has 6 heteroatoms. The lowest BCUT2D eigenvalue weighted by Crippen LogP contribution is -2.04. The molecule has 0 fully saturated rings. The van der Waals surface area contributed by atoms with Crippen molar-refractivity contribution in [1.29, 1.82) is 0 Å². The first kappa shape index (κ1) is 12.0. The third kappa shape index (κ3) is 2.14. The molecule has 0 saturated carbocycles. The van der Waals surface area contributed by atoms with E-state index in [2.05, 4.69) is 9.97 Å². The molecule has 20 heavy (non-hydrogen) atoms. The summed E-state index contributed by atoms with van der Waals surface area (Å²) >= 11 is 0. The summed E-state index contributed by atoms with van der Waals surface area (Å²) in [5.41, 5.74) is 3.79. The molecule has 0 radical (unpaired) electrons. The van der Waals surface area contributed by atoms with Crippen molar-refractivity contribution in [3.05, 3.63) is 61.2 Å². The molecule has 0 bridgehead atoms. The van der Waals surface area contributed by atoms with Crippen LogP contribution in [0.5, 0.6) is 0 Å². The Morgan fingerprint density at radius 1 is 0.650 bits per heavy atom. The van der Waals surface area contributed by atoms with E-state index in [1.54, 1.807) is 12.7 Å². The second kappa shape index (κ2) is 4.93. The average Bonchev–Trinajstić information content (AvgIpc) is 3.05. The van der Waals surface area contributed by atoms with Gasteiger partial charge in [0.2, 0.25) is 0 Å². The van der Waals surface area contributed by atoms with E-state index in [9.17, 15) is 0 Å². The number of para-hydroxylation sites is 4. The summed E-state index contributed by atoms with van der Waals surface area (Å²) in [6.45, 7) is 0. The summed E-state index contributed by atoms with van der Waals surface area (Å²) in [5, 5.41) is 0. The molecule has 6 nitrogen and oxygen atoms in total. The molecule has 0 atom stereocenters. The predicted octanol–water partition coefficient (Wildman–Crippen LogP) is 1.50. The van der Waals surface area contributed by atoms with Crippen LogP contribution in [0.2, 0.25) is 0 Å². The molecular weight excluding hydrogens is 252 g/mol. The van der Waals surface area contributed by atoms with Gasteiger partial charge in [-0.2, -0.15) is 0 Å². The molecular formula is C14H14N6. The summed E-state index contributed by atoms with van der Waals surface area (Å²) in [6.07, 6.45) is 3.20. The molecule has 0 aliphatic rings. The molecule has 100 valence electrons. The number of imidazole rings is 2. The van der Waals surface area contributed by atoms with E-state index >= 15 is 0 Å². The van der Waals surface area contributed by atoms with Gasteiger partial charge >= 0.3 is 0 Å². The monoisotopic (exact) mass is 266 g/mol. The van der Waals surface area contributed by atoms with E-state index in [-0.39, 0.29) is 0 Å². The molecule has 2 heterocycles. The fourth-order valence-electron chi connectivity index (χ4n) is 1.96. The third-order valence-corrected chi connectivity index (χ3v) is 2.96. The fourth-order valence-corrected chi connectivity index (χ4v) is 1.96. The van der Waals surface area contributed by atoms with Crippen LogP contribution < -0.4 is 11.7 Å². The standard InChI is InChI=1S/2C7H7N3/c2*8-10-5-9-6-3-1-2-4-7(6)10/h2*1-5H,8H2. The Labute approximate surface area is 115 Å². The van der Waals surface area contributed by atoms with Crippen LogP contribution in [0.3, 0.4) is 0 Å². The van der Waals surface area contributed by atoms with Gasteiger partial charge in [-0.25, -0.2) is 19.3 Å². The van der Waals surface area contributed by atoms with Crippen LogP contribution in [-0.2, 0) is 0 Å². The van der Waals surface area contributed by atoms with Crippen molar-refractivity contribution in [2.24, 2.45) is 0 Å². The first-order chi connectivity index (χ1) is 9.75. The molecule has 0 amide bonds. The molecule has 4 aromatic rings. The maximum absolute atomic E-state index is 5.53. The molecule has 0 saturated heterocycles. The van der Waals surface area contributed by atoms with Crippen molar-refractivity contribution in [3.63, 3.8) is 0 Å². The summed E-state index contributed by atoms with van der Waals surface area (Å²) in [5.74, 6) is 11.1. The van der Waals surface area contributed by atoms with E-state index in [1.807, 2.05) is 48.5 Å². The van der Waals surface area contributed by atoms with Crippen LogP contribution in [-0.4, -0.2) is 19.3 Å². The number of nitrogens with two attached hydrogens (primary N) is 2. The Kier molecular flexibility index (Phi) is 2.96. The minimum atomic E-state index is 0.935. The number of hydrogen-bond acceptors (Lipinski definition) is 4. The van der Waals surface area contributed by atoms with E-state index < -0.39 is 0 Å². The van der Waals surface area contributed by atoms with Gasteiger partial charge in [-0.05, 0) is 24.3 Å². The van der Waals surface area contributed by atoms with Crippen molar-refractivity contribution in [1.82, 2.24) is 19.3 Å². The normalized spacial score (nSPS) is 10.4. The Bertz CT molecular complexity index is 773. The maximum atomic E-state index is 5.53. The Morgan fingerprint density at radius 3 is 1.45 bits per heavy atom. The maximum Gasteiger partial charge on any atom is 0.115 e. The minimum Gasteiger partial charge on any atom is -0.338 e. The lowest BCUT2D eigenvalue weighted by Gasteiger charge is -1.90. The lowest BCUT2D eigenvalue weighted by atomic mass is 10.3. The van der Waals surface area contributed by atoms with Gasteiger partial charge in [0.15, 0.2) is 0 Å². The van der Waals surface area contributed by atoms with Gasteiger partial charge in [-0.1, -0.05) is 24.3 Å². The van der Waals surface area contributed by atoms with Gasteiger partial charge in [-0.3, -0.25) is 0 Å². The lowest BCUT2D eigenvalue weighted by molar-refractivity contribution is 1.04. The first-order valence-corrected chi connectivity index (χ1v) is 6.10. The average molecular weight is 266 g/mol. The Morgan fingerprint density at radius 2 is 1.05 bits per heavy atom. The molecule has 0 unspecified atom stereocenters. The molecule has 0 aliphatic carbocycles. The number of fused-ring (bicyclic) bond motifs is 2. The first-order valence-electron chi connectivity index (χ1n) is 6.10. The summed E-state index contributed by atoms with van der Waals surface area (Å²) < 4.78 is 3.02. The number of nitrogens with zero attached hydrogens (tertiary/aromatic N) is 4. The van der Waals surface area contributed by atoms with Crippen LogP contribution in [0.15, 0.2) is 61.2 Å². The summed E-state index contributed by atoms with van der Waals surface area (Å²) in [4.78, 5) is 8.11. The van der Waals surface area contributed by atoms with Crippen LogP contribution in [0.4, 0.5) is 0 Å². The van der Waals surface area contributed by atoms with Gasteiger partial charge in [0.1, 0.15) is 12.7 Å². The Balaban J connectivity index is 0.000000121. The summed E-state index contributed by atoms with van der Waals surface area (Å²) in [6, 6.07) is 15.5. The smallest absolute Gasteiger partial charge is 0.115 e. The zero-order chi connectivity index (χ0) is 13.9. The second-order valence-electron chi connectivity index (χ2n) is 4.28. The van der Waals surface area contributed by atoms with Gasteiger partial charge < -0.3 is 11.7 Å². The zero-order valence-corrected chi connectivity index (χ0v) is 10.7. The quantitative estimate of drug-likeness (QED) is 0.472. The topological polar surface area (TPSA) is 87.7 Å². The van der Waals surface area contributed by atoms with E-state index in [0.717, 1.165) is 22.1 Å². The predicted molar refractivity (Wildman–Crippen MR) is 79.8 cm³/mol. The van der Waals surface area contributed by atoms with Crippen molar-refractivity contribution in [2.45, 2.75) is 0 Å². The number of nitrogen functional groups attached to an aromatic ring is 2. The molecule has 2 aromatic carbocycles.